The Morgan fingerprint density at radius 2 is 2.08 bits per heavy atom. The van der Waals surface area contributed by atoms with Gasteiger partial charge >= 0.3 is 0 Å². The summed E-state index contributed by atoms with van der Waals surface area (Å²) < 4.78 is 11.0. The van der Waals surface area contributed by atoms with Crippen molar-refractivity contribution < 1.29 is 9.15 Å². The van der Waals surface area contributed by atoms with Crippen molar-refractivity contribution in [1.82, 2.24) is 15.5 Å². The van der Waals surface area contributed by atoms with Crippen LogP contribution in [0.15, 0.2) is 21.5 Å². The summed E-state index contributed by atoms with van der Waals surface area (Å²) in [5.41, 5.74) is 0. The molecule has 1 aliphatic rings. The van der Waals surface area contributed by atoms with Crippen LogP contribution in [0.5, 0.6) is 0 Å². The molecular weight excluding hydrogens is 419 g/mol. The molecule has 0 radical (unpaired) electrons. The molecular formula is C17H31IN4O2. The topological polar surface area (TPSA) is 62.0 Å². The number of guanidine groups is 1. The summed E-state index contributed by atoms with van der Waals surface area (Å²) in [7, 11) is 1.70. The van der Waals surface area contributed by atoms with Gasteiger partial charge in [0, 0.05) is 20.2 Å². The molecule has 0 aliphatic carbocycles. The lowest BCUT2D eigenvalue weighted by molar-refractivity contribution is 0.203. The molecule has 1 saturated heterocycles. The largest absolute Gasteiger partial charge is 0.465 e. The number of methoxy groups -OCH3 is 1. The smallest absolute Gasteiger partial charge is 0.191 e. The van der Waals surface area contributed by atoms with Gasteiger partial charge < -0.3 is 19.8 Å². The van der Waals surface area contributed by atoms with Gasteiger partial charge in [-0.1, -0.05) is 0 Å². The van der Waals surface area contributed by atoms with Crippen LogP contribution < -0.4 is 10.6 Å². The summed E-state index contributed by atoms with van der Waals surface area (Å²) in [6, 6.07) is 4.33. The molecule has 7 heteroatoms. The molecule has 24 heavy (non-hydrogen) atoms. The molecule has 0 amide bonds. The maximum absolute atomic E-state index is 5.88. The fraction of sp³-hybridized carbons (Fsp3) is 0.706. The number of nitrogens with one attached hydrogen (secondary N) is 2. The summed E-state index contributed by atoms with van der Waals surface area (Å²) in [6.45, 7) is 9.24. The van der Waals surface area contributed by atoms with Crippen molar-refractivity contribution in [3.05, 3.63) is 23.7 Å². The Morgan fingerprint density at radius 3 is 2.67 bits per heavy atom. The van der Waals surface area contributed by atoms with Crippen LogP contribution in [0, 0.1) is 6.92 Å². The van der Waals surface area contributed by atoms with Crippen molar-refractivity contribution >= 4 is 29.9 Å². The van der Waals surface area contributed by atoms with E-state index < -0.39 is 0 Å². The number of likely N-dealkylation sites (tertiary alicyclic amines) is 1. The van der Waals surface area contributed by atoms with Crippen molar-refractivity contribution in [2.75, 3.05) is 46.4 Å². The van der Waals surface area contributed by atoms with E-state index in [0.29, 0.717) is 13.2 Å². The van der Waals surface area contributed by atoms with Crippen molar-refractivity contribution in [3.8, 4) is 0 Å². The summed E-state index contributed by atoms with van der Waals surface area (Å²) in [6.07, 6.45) is 2.51. The fourth-order valence-electron chi connectivity index (χ4n) is 2.86. The van der Waals surface area contributed by atoms with E-state index in [1.807, 2.05) is 13.0 Å². The van der Waals surface area contributed by atoms with Crippen LogP contribution in [0.2, 0.25) is 0 Å². The fourth-order valence-corrected chi connectivity index (χ4v) is 2.86. The van der Waals surface area contributed by atoms with Gasteiger partial charge in [-0.15, -0.1) is 24.0 Å². The van der Waals surface area contributed by atoms with Crippen molar-refractivity contribution in [2.24, 2.45) is 4.99 Å². The molecule has 0 bridgehead atoms. The van der Waals surface area contributed by atoms with Gasteiger partial charge in [-0.2, -0.15) is 0 Å². The third-order valence-corrected chi connectivity index (χ3v) is 4.04. The zero-order valence-electron chi connectivity index (χ0n) is 15.0. The molecule has 1 atom stereocenters. The SMILES string of the molecule is CCNC(=NCC(c1ccc(C)o1)N1CCCC1)NCCOC.I. The zero-order chi connectivity index (χ0) is 16.5. The number of rotatable bonds is 8. The van der Waals surface area contributed by atoms with Crippen LogP contribution in [-0.4, -0.2) is 57.3 Å². The number of ether oxygens (including phenoxy) is 1. The molecule has 1 aromatic heterocycles. The first-order valence-corrected chi connectivity index (χ1v) is 8.56. The molecule has 138 valence electrons. The zero-order valence-corrected chi connectivity index (χ0v) is 17.3. The molecule has 0 saturated carbocycles. The lowest BCUT2D eigenvalue weighted by Crippen LogP contribution is -2.39. The highest BCUT2D eigenvalue weighted by molar-refractivity contribution is 14.0. The van der Waals surface area contributed by atoms with Gasteiger partial charge in [-0.3, -0.25) is 9.89 Å². The molecule has 2 N–H and O–H groups in total. The van der Waals surface area contributed by atoms with E-state index in [-0.39, 0.29) is 30.0 Å². The Hall–Kier alpha value is -0.800. The van der Waals surface area contributed by atoms with Crippen LogP contribution in [-0.2, 0) is 4.74 Å². The molecule has 1 fully saturated rings. The number of furan rings is 1. The van der Waals surface area contributed by atoms with Crippen LogP contribution >= 0.6 is 24.0 Å². The summed E-state index contributed by atoms with van der Waals surface area (Å²) in [5.74, 6) is 2.80. The normalized spacial score (nSPS) is 16.7. The quantitative estimate of drug-likeness (QED) is 0.276. The molecule has 0 spiro atoms. The van der Waals surface area contributed by atoms with E-state index in [1.165, 1.54) is 12.8 Å². The maximum Gasteiger partial charge on any atom is 0.191 e. The van der Waals surface area contributed by atoms with Crippen molar-refractivity contribution in [2.45, 2.75) is 32.7 Å². The average Bonchev–Trinajstić information content (AvgIpc) is 3.20. The monoisotopic (exact) mass is 450 g/mol. The summed E-state index contributed by atoms with van der Waals surface area (Å²) in [5, 5.41) is 6.57. The van der Waals surface area contributed by atoms with Gasteiger partial charge in [0.25, 0.3) is 0 Å². The minimum Gasteiger partial charge on any atom is -0.465 e. The van der Waals surface area contributed by atoms with Crippen LogP contribution in [0.4, 0.5) is 0 Å². The maximum atomic E-state index is 5.88. The van der Waals surface area contributed by atoms with Gasteiger partial charge in [0.15, 0.2) is 5.96 Å². The summed E-state index contributed by atoms with van der Waals surface area (Å²) >= 11 is 0. The van der Waals surface area contributed by atoms with E-state index in [1.54, 1.807) is 7.11 Å². The molecule has 1 aliphatic heterocycles. The van der Waals surface area contributed by atoms with Crippen molar-refractivity contribution in [1.29, 1.82) is 0 Å². The number of aryl methyl sites for hydroxylation is 1. The second-order valence-electron chi connectivity index (χ2n) is 5.85. The van der Waals surface area contributed by atoms with E-state index in [0.717, 1.165) is 43.7 Å². The van der Waals surface area contributed by atoms with E-state index in [4.69, 9.17) is 14.1 Å². The number of hydrogen-bond donors (Lipinski definition) is 2. The predicted octanol–water partition coefficient (Wildman–Crippen LogP) is 2.54. The minimum absolute atomic E-state index is 0. The third kappa shape index (κ3) is 6.60. The number of hydrogen-bond acceptors (Lipinski definition) is 4. The van der Waals surface area contributed by atoms with Crippen LogP contribution in [0.3, 0.4) is 0 Å². The van der Waals surface area contributed by atoms with E-state index in [2.05, 4.69) is 28.5 Å². The average molecular weight is 450 g/mol. The Kier molecular flexibility index (Phi) is 10.4. The van der Waals surface area contributed by atoms with Crippen molar-refractivity contribution in [3.63, 3.8) is 0 Å². The van der Waals surface area contributed by atoms with Gasteiger partial charge in [0.1, 0.15) is 11.5 Å². The lowest BCUT2D eigenvalue weighted by atomic mass is 10.2. The first kappa shape index (κ1) is 21.2. The number of aliphatic imine (C=N–C) groups is 1. The Labute approximate surface area is 162 Å². The van der Waals surface area contributed by atoms with Gasteiger partial charge in [0.05, 0.1) is 19.2 Å². The highest BCUT2D eigenvalue weighted by Gasteiger charge is 2.25. The Morgan fingerprint density at radius 1 is 1.33 bits per heavy atom. The first-order chi connectivity index (χ1) is 11.2. The Balaban J connectivity index is 0.00000288. The summed E-state index contributed by atoms with van der Waals surface area (Å²) in [4.78, 5) is 7.23. The van der Waals surface area contributed by atoms with Crippen LogP contribution in [0.1, 0.15) is 37.3 Å². The Bertz CT molecular complexity index is 487. The highest BCUT2D eigenvalue weighted by atomic mass is 127. The predicted molar refractivity (Wildman–Crippen MR) is 108 cm³/mol. The van der Waals surface area contributed by atoms with Crippen LogP contribution in [0.25, 0.3) is 0 Å². The molecule has 0 aromatic carbocycles. The number of nitrogens with zero attached hydrogens (tertiary/aromatic N) is 2. The van der Waals surface area contributed by atoms with Gasteiger partial charge in [-0.25, -0.2) is 0 Å². The molecule has 2 rings (SSSR count). The second-order valence-corrected chi connectivity index (χ2v) is 5.85. The van der Waals surface area contributed by atoms with Gasteiger partial charge in [-0.05, 0) is 51.9 Å². The minimum atomic E-state index is 0. The molecule has 1 unspecified atom stereocenters. The number of halogens is 1. The lowest BCUT2D eigenvalue weighted by Gasteiger charge is -2.24. The molecule has 2 heterocycles. The highest BCUT2D eigenvalue weighted by Crippen LogP contribution is 2.26. The van der Waals surface area contributed by atoms with E-state index in [9.17, 15) is 0 Å². The van der Waals surface area contributed by atoms with Gasteiger partial charge in [0.2, 0.25) is 0 Å². The van der Waals surface area contributed by atoms with E-state index >= 15 is 0 Å². The molecule has 1 aromatic rings. The standard InChI is InChI=1S/C17H30N4O2.HI/c1-4-18-17(19-9-12-22-3)20-13-15(21-10-5-6-11-21)16-8-7-14(2)23-16;/h7-8,15H,4-6,9-13H2,1-3H3,(H2,18,19,20);1H. The first-order valence-electron chi connectivity index (χ1n) is 8.56. The second kappa shape index (κ2) is 11.7. The third-order valence-electron chi connectivity index (χ3n) is 4.04. The molecule has 6 nitrogen and oxygen atoms in total.